The molecule has 0 bridgehead atoms. The lowest BCUT2D eigenvalue weighted by Gasteiger charge is -2.36. The summed E-state index contributed by atoms with van der Waals surface area (Å²) in [5.41, 5.74) is 0.771. The van der Waals surface area contributed by atoms with Gasteiger partial charge in [0.05, 0.1) is 15.8 Å². The van der Waals surface area contributed by atoms with E-state index in [1.165, 1.54) is 10.4 Å². The number of rotatable bonds is 3. The van der Waals surface area contributed by atoms with Crippen molar-refractivity contribution >= 4 is 27.6 Å². The van der Waals surface area contributed by atoms with E-state index in [1.54, 1.807) is 13.0 Å². The standard InChI is InChI=1S/C16H20ClNO5S/c1-9-6-11-7-12(8-14(17)15(11)23-9)24(21,22)18-5-3-4-13(10(18)2)16(19)20/h7-10,13H,3-6H2,1-2H3,(H,19,20)/t9?,10-,13-/m0/s1. The summed E-state index contributed by atoms with van der Waals surface area (Å²) in [5.74, 6) is -1.11. The van der Waals surface area contributed by atoms with Crippen molar-refractivity contribution in [2.24, 2.45) is 5.92 Å². The summed E-state index contributed by atoms with van der Waals surface area (Å²) in [6.07, 6.45) is 1.57. The van der Waals surface area contributed by atoms with Crippen molar-refractivity contribution in [3.05, 3.63) is 22.7 Å². The van der Waals surface area contributed by atoms with Gasteiger partial charge in [0.25, 0.3) is 0 Å². The number of ether oxygens (including phenoxy) is 1. The van der Waals surface area contributed by atoms with Crippen molar-refractivity contribution in [1.82, 2.24) is 4.31 Å². The molecule has 1 aromatic carbocycles. The molecule has 1 saturated heterocycles. The fourth-order valence-electron chi connectivity index (χ4n) is 3.52. The van der Waals surface area contributed by atoms with Crippen LogP contribution in [0.25, 0.3) is 0 Å². The molecule has 1 N–H and O–H groups in total. The van der Waals surface area contributed by atoms with Gasteiger partial charge in [-0.1, -0.05) is 11.6 Å². The molecule has 2 aliphatic heterocycles. The first-order chi connectivity index (χ1) is 11.2. The van der Waals surface area contributed by atoms with Crippen LogP contribution in [0.5, 0.6) is 5.75 Å². The molecule has 132 valence electrons. The lowest BCUT2D eigenvalue weighted by atomic mass is 9.92. The number of carboxylic acid groups (broad SMARTS) is 1. The van der Waals surface area contributed by atoms with Crippen LogP contribution in [0.4, 0.5) is 0 Å². The van der Waals surface area contributed by atoms with Gasteiger partial charge in [0.2, 0.25) is 10.0 Å². The van der Waals surface area contributed by atoms with E-state index in [2.05, 4.69) is 0 Å². The summed E-state index contributed by atoms with van der Waals surface area (Å²) >= 11 is 6.20. The van der Waals surface area contributed by atoms with Gasteiger partial charge in [-0.25, -0.2) is 8.42 Å². The number of carbonyl (C=O) groups is 1. The predicted octanol–water partition coefficient (Wildman–Crippen LogP) is 2.54. The number of fused-ring (bicyclic) bond motifs is 1. The molecule has 3 rings (SSSR count). The zero-order chi connectivity index (χ0) is 17.6. The topological polar surface area (TPSA) is 83.9 Å². The van der Waals surface area contributed by atoms with E-state index in [0.29, 0.717) is 31.6 Å². The second-order valence-corrected chi connectivity index (χ2v) is 8.77. The molecule has 8 heteroatoms. The quantitative estimate of drug-likeness (QED) is 0.880. The Labute approximate surface area is 146 Å². The SMILES string of the molecule is CC1Cc2cc(S(=O)(=O)N3CCC[C@H](C(=O)O)[C@@H]3C)cc(Cl)c2O1. The van der Waals surface area contributed by atoms with Gasteiger partial charge in [-0.05, 0) is 38.8 Å². The Kier molecular flexibility index (Phi) is 4.53. The first kappa shape index (κ1) is 17.5. The predicted molar refractivity (Wildman–Crippen MR) is 89.0 cm³/mol. The number of sulfonamides is 1. The Morgan fingerprint density at radius 1 is 1.38 bits per heavy atom. The zero-order valence-electron chi connectivity index (χ0n) is 13.5. The Bertz CT molecular complexity index is 779. The lowest BCUT2D eigenvalue weighted by Crippen LogP contribution is -2.49. The molecule has 2 aliphatic rings. The van der Waals surface area contributed by atoms with Crippen molar-refractivity contribution in [2.75, 3.05) is 6.54 Å². The maximum atomic E-state index is 13.0. The Hall–Kier alpha value is -1.31. The molecule has 1 unspecified atom stereocenters. The number of nitrogens with zero attached hydrogens (tertiary/aromatic N) is 1. The summed E-state index contributed by atoms with van der Waals surface area (Å²) in [6.45, 7) is 3.86. The van der Waals surface area contributed by atoms with Crippen LogP contribution in [0, 0.1) is 5.92 Å². The van der Waals surface area contributed by atoms with Crippen LogP contribution < -0.4 is 4.74 Å². The van der Waals surface area contributed by atoms with Gasteiger partial charge >= 0.3 is 5.97 Å². The first-order valence-corrected chi connectivity index (χ1v) is 9.77. The molecular weight excluding hydrogens is 354 g/mol. The summed E-state index contributed by atoms with van der Waals surface area (Å²) in [6, 6.07) is 2.39. The van der Waals surface area contributed by atoms with Crippen LogP contribution in [0.1, 0.15) is 32.3 Å². The molecule has 2 heterocycles. The number of aliphatic carboxylic acids is 1. The third-order valence-corrected chi connectivity index (χ3v) is 7.02. The van der Waals surface area contributed by atoms with Crippen molar-refractivity contribution in [2.45, 2.75) is 50.2 Å². The number of benzene rings is 1. The van der Waals surface area contributed by atoms with Crippen LogP contribution in [0.2, 0.25) is 5.02 Å². The number of halogens is 1. The molecular formula is C16H20ClNO5S. The minimum absolute atomic E-state index is 0.0410. The van der Waals surface area contributed by atoms with E-state index in [4.69, 9.17) is 16.3 Å². The molecule has 0 saturated carbocycles. The smallest absolute Gasteiger partial charge is 0.308 e. The zero-order valence-corrected chi connectivity index (χ0v) is 15.1. The molecule has 1 aromatic rings. The van der Waals surface area contributed by atoms with Crippen molar-refractivity contribution in [3.63, 3.8) is 0 Å². The summed E-state index contributed by atoms with van der Waals surface area (Å²) in [4.78, 5) is 11.5. The van der Waals surface area contributed by atoms with Gasteiger partial charge in [0.1, 0.15) is 11.9 Å². The molecule has 0 spiro atoms. The highest BCUT2D eigenvalue weighted by Gasteiger charge is 2.40. The minimum atomic E-state index is -3.81. The average Bonchev–Trinajstić information content (AvgIpc) is 2.88. The highest BCUT2D eigenvalue weighted by atomic mass is 35.5. The van der Waals surface area contributed by atoms with Crippen LogP contribution >= 0.6 is 11.6 Å². The first-order valence-electron chi connectivity index (χ1n) is 7.95. The van der Waals surface area contributed by atoms with Gasteiger partial charge in [-0.15, -0.1) is 0 Å². The van der Waals surface area contributed by atoms with E-state index >= 15 is 0 Å². The fraction of sp³-hybridized carbons (Fsp3) is 0.562. The summed E-state index contributed by atoms with van der Waals surface area (Å²) < 4.78 is 33.0. The second-order valence-electron chi connectivity index (χ2n) is 6.47. The molecule has 0 amide bonds. The van der Waals surface area contributed by atoms with Gasteiger partial charge in [-0.3, -0.25) is 4.79 Å². The van der Waals surface area contributed by atoms with Crippen molar-refractivity contribution in [1.29, 1.82) is 0 Å². The van der Waals surface area contributed by atoms with Gasteiger partial charge in [0, 0.05) is 24.6 Å². The Morgan fingerprint density at radius 2 is 2.08 bits per heavy atom. The fourth-order valence-corrected chi connectivity index (χ4v) is 5.66. The minimum Gasteiger partial charge on any atom is -0.489 e. The third kappa shape index (κ3) is 2.89. The number of piperidine rings is 1. The van der Waals surface area contributed by atoms with Gasteiger partial charge < -0.3 is 9.84 Å². The van der Waals surface area contributed by atoms with E-state index in [-0.39, 0.29) is 16.0 Å². The molecule has 24 heavy (non-hydrogen) atoms. The Morgan fingerprint density at radius 3 is 2.75 bits per heavy atom. The van der Waals surface area contributed by atoms with Crippen molar-refractivity contribution < 1.29 is 23.1 Å². The largest absolute Gasteiger partial charge is 0.489 e. The van der Waals surface area contributed by atoms with Crippen LogP contribution in [-0.4, -0.2) is 42.5 Å². The number of hydrogen-bond donors (Lipinski definition) is 1. The van der Waals surface area contributed by atoms with Gasteiger partial charge in [0.15, 0.2) is 0 Å². The van der Waals surface area contributed by atoms with E-state index in [1.807, 2.05) is 6.92 Å². The molecule has 0 aliphatic carbocycles. The number of carboxylic acids is 1. The summed E-state index contributed by atoms with van der Waals surface area (Å²) in [7, 11) is -3.81. The van der Waals surface area contributed by atoms with E-state index < -0.39 is 28.0 Å². The van der Waals surface area contributed by atoms with Gasteiger partial charge in [-0.2, -0.15) is 4.31 Å². The van der Waals surface area contributed by atoms with E-state index in [0.717, 1.165) is 5.56 Å². The maximum absolute atomic E-state index is 13.0. The molecule has 0 radical (unpaired) electrons. The molecule has 6 nitrogen and oxygen atoms in total. The Balaban J connectivity index is 1.98. The monoisotopic (exact) mass is 373 g/mol. The molecule has 0 aromatic heterocycles. The van der Waals surface area contributed by atoms with E-state index in [9.17, 15) is 18.3 Å². The highest BCUT2D eigenvalue weighted by molar-refractivity contribution is 7.89. The average molecular weight is 374 g/mol. The normalized spacial score (nSPS) is 27.5. The number of hydrogen-bond acceptors (Lipinski definition) is 4. The third-order valence-electron chi connectivity index (χ3n) is 4.77. The maximum Gasteiger partial charge on any atom is 0.308 e. The summed E-state index contributed by atoms with van der Waals surface area (Å²) in [5, 5.41) is 9.58. The second kappa shape index (κ2) is 6.20. The molecule has 3 atom stereocenters. The molecule has 1 fully saturated rings. The van der Waals surface area contributed by atoms with Crippen LogP contribution in [0.3, 0.4) is 0 Å². The van der Waals surface area contributed by atoms with Crippen LogP contribution in [0.15, 0.2) is 17.0 Å². The highest BCUT2D eigenvalue weighted by Crippen LogP contribution is 2.39. The lowest BCUT2D eigenvalue weighted by molar-refractivity contribution is -0.144. The van der Waals surface area contributed by atoms with Crippen molar-refractivity contribution in [3.8, 4) is 5.75 Å². The van der Waals surface area contributed by atoms with Crippen LogP contribution in [-0.2, 0) is 21.2 Å².